The minimum Gasteiger partial charge on any atom is -0.478 e. The van der Waals surface area contributed by atoms with Crippen LogP contribution in [0.15, 0.2) is 36.5 Å². The lowest BCUT2D eigenvalue weighted by molar-refractivity contribution is 0.0696. The number of carbonyl (C=O) groups excluding carboxylic acids is 1. The number of anilines is 2. The number of pyridine rings is 1. The first kappa shape index (κ1) is 13.8. The van der Waals surface area contributed by atoms with E-state index in [2.05, 4.69) is 10.3 Å². The molecular formula is C13H10ClN3O3. The molecule has 2 aromatic rings. The minimum atomic E-state index is -1.05. The number of benzene rings is 1. The van der Waals surface area contributed by atoms with Crippen molar-refractivity contribution in [2.45, 2.75) is 0 Å². The van der Waals surface area contributed by atoms with Gasteiger partial charge in [0, 0.05) is 6.20 Å². The van der Waals surface area contributed by atoms with E-state index < -0.39 is 11.9 Å². The van der Waals surface area contributed by atoms with Crippen LogP contribution in [0.3, 0.4) is 0 Å². The number of carboxylic acid groups (broad SMARTS) is 1. The van der Waals surface area contributed by atoms with Crippen molar-refractivity contribution in [3.8, 4) is 0 Å². The summed E-state index contributed by atoms with van der Waals surface area (Å²) in [5, 5.41) is 12.0. The first-order valence-electron chi connectivity index (χ1n) is 5.53. The normalized spacial score (nSPS) is 10.1. The van der Waals surface area contributed by atoms with Gasteiger partial charge in [-0.2, -0.15) is 0 Å². The van der Waals surface area contributed by atoms with E-state index in [0.717, 1.165) is 0 Å². The van der Waals surface area contributed by atoms with Crippen LogP contribution in [0, 0.1) is 0 Å². The molecule has 1 amide bonds. The summed E-state index contributed by atoms with van der Waals surface area (Å²) in [4.78, 5) is 25.7. The number of aromatic nitrogens is 1. The van der Waals surface area contributed by atoms with Crippen molar-refractivity contribution < 1.29 is 14.7 Å². The largest absolute Gasteiger partial charge is 0.478 e. The molecule has 0 fully saturated rings. The number of hydrogen-bond acceptors (Lipinski definition) is 4. The van der Waals surface area contributed by atoms with E-state index >= 15 is 0 Å². The molecule has 0 radical (unpaired) electrons. The molecule has 0 unspecified atom stereocenters. The number of hydrogen-bond donors (Lipinski definition) is 3. The lowest BCUT2D eigenvalue weighted by Crippen LogP contribution is -2.11. The van der Waals surface area contributed by atoms with Crippen LogP contribution in [0.25, 0.3) is 0 Å². The molecule has 2 rings (SSSR count). The standard InChI is InChI=1S/C13H10ClN3O3/c14-9-5-7(13(19)20)1-3-10(9)17-11-4-2-8(6-16-11)12(15)18/h1-6H,(H2,15,18)(H,16,17)(H,19,20). The van der Waals surface area contributed by atoms with E-state index in [1.807, 2.05) is 0 Å². The van der Waals surface area contributed by atoms with Crippen molar-refractivity contribution in [2.24, 2.45) is 5.73 Å². The number of carboxylic acids is 1. The van der Waals surface area contributed by atoms with Gasteiger partial charge in [-0.15, -0.1) is 0 Å². The Morgan fingerprint density at radius 3 is 2.40 bits per heavy atom. The third-order valence-corrected chi connectivity index (χ3v) is 2.84. The molecule has 0 atom stereocenters. The second-order valence-corrected chi connectivity index (χ2v) is 4.33. The van der Waals surface area contributed by atoms with E-state index in [4.69, 9.17) is 22.4 Å². The minimum absolute atomic E-state index is 0.0950. The summed E-state index contributed by atoms with van der Waals surface area (Å²) in [6.07, 6.45) is 1.34. The van der Waals surface area contributed by atoms with Gasteiger partial charge in [0.05, 0.1) is 21.8 Å². The van der Waals surface area contributed by atoms with Crippen LogP contribution in [0.5, 0.6) is 0 Å². The summed E-state index contributed by atoms with van der Waals surface area (Å²) < 4.78 is 0. The highest BCUT2D eigenvalue weighted by Gasteiger charge is 2.08. The molecular weight excluding hydrogens is 282 g/mol. The maximum absolute atomic E-state index is 10.9. The number of carbonyl (C=O) groups is 2. The van der Waals surface area contributed by atoms with Crippen LogP contribution in [-0.2, 0) is 0 Å². The van der Waals surface area contributed by atoms with Gasteiger partial charge in [0.15, 0.2) is 0 Å². The maximum Gasteiger partial charge on any atom is 0.335 e. The molecule has 20 heavy (non-hydrogen) atoms. The summed E-state index contributed by atoms with van der Waals surface area (Å²) in [7, 11) is 0. The molecule has 102 valence electrons. The van der Waals surface area contributed by atoms with Gasteiger partial charge in [-0.3, -0.25) is 4.79 Å². The summed E-state index contributed by atoms with van der Waals surface area (Å²) in [6, 6.07) is 7.40. The van der Waals surface area contributed by atoms with Crippen molar-refractivity contribution in [1.29, 1.82) is 0 Å². The Morgan fingerprint density at radius 1 is 1.20 bits per heavy atom. The molecule has 1 heterocycles. The van der Waals surface area contributed by atoms with E-state index in [1.54, 1.807) is 6.07 Å². The van der Waals surface area contributed by atoms with Gasteiger partial charge in [0.2, 0.25) is 5.91 Å². The van der Waals surface area contributed by atoms with Crippen molar-refractivity contribution in [3.63, 3.8) is 0 Å². The third kappa shape index (κ3) is 3.04. The summed E-state index contributed by atoms with van der Waals surface area (Å²) >= 11 is 5.98. The summed E-state index contributed by atoms with van der Waals surface area (Å²) in [5.74, 6) is -1.16. The van der Waals surface area contributed by atoms with Crippen LogP contribution in [0.1, 0.15) is 20.7 Å². The number of rotatable bonds is 4. The lowest BCUT2D eigenvalue weighted by atomic mass is 10.2. The highest BCUT2D eigenvalue weighted by Crippen LogP contribution is 2.25. The molecule has 0 saturated heterocycles. The van der Waals surface area contributed by atoms with E-state index in [1.165, 1.54) is 30.5 Å². The van der Waals surface area contributed by atoms with Gasteiger partial charge in [-0.05, 0) is 30.3 Å². The number of nitrogens with zero attached hydrogens (tertiary/aromatic N) is 1. The van der Waals surface area contributed by atoms with Crippen LogP contribution < -0.4 is 11.1 Å². The van der Waals surface area contributed by atoms with E-state index in [9.17, 15) is 9.59 Å². The van der Waals surface area contributed by atoms with Gasteiger partial charge in [0.25, 0.3) is 0 Å². The lowest BCUT2D eigenvalue weighted by Gasteiger charge is -2.08. The molecule has 7 heteroatoms. The zero-order valence-electron chi connectivity index (χ0n) is 10.1. The van der Waals surface area contributed by atoms with Crippen LogP contribution in [0.2, 0.25) is 5.02 Å². The fourth-order valence-electron chi connectivity index (χ4n) is 1.50. The molecule has 0 aliphatic rings. The molecule has 1 aromatic carbocycles. The average molecular weight is 292 g/mol. The number of halogens is 1. The zero-order chi connectivity index (χ0) is 14.7. The molecule has 0 aliphatic carbocycles. The average Bonchev–Trinajstić information content (AvgIpc) is 2.41. The number of primary amides is 1. The molecule has 4 N–H and O–H groups in total. The second-order valence-electron chi connectivity index (χ2n) is 3.92. The fourth-order valence-corrected chi connectivity index (χ4v) is 1.73. The Balaban J connectivity index is 2.21. The third-order valence-electron chi connectivity index (χ3n) is 2.53. The van der Waals surface area contributed by atoms with Gasteiger partial charge >= 0.3 is 5.97 Å². The predicted octanol–water partition coefficient (Wildman–Crippen LogP) is 2.28. The van der Waals surface area contributed by atoms with Crippen molar-refractivity contribution >= 4 is 35.0 Å². The number of aromatic carboxylic acids is 1. The molecule has 6 nitrogen and oxygen atoms in total. The Morgan fingerprint density at radius 2 is 1.90 bits per heavy atom. The topological polar surface area (TPSA) is 105 Å². The molecule has 1 aromatic heterocycles. The van der Waals surface area contributed by atoms with Gasteiger partial charge < -0.3 is 16.2 Å². The Kier molecular flexibility index (Phi) is 3.86. The summed E-state index contributed by atoms with van der Waals surface area (Å²) in [5.41, 5.74) is 6.01. The Labute approximate surface area is 119 Å². The van der Waals surface area contributed by atoms with Gasteiger partial charge in [0.1, 0.15) is 5.82 Å². The number of nitrogens with one attached hydrogen (secondary N) is 1. The highest BCUT2D eigenvalue weighted by molar-refractivity contribution is 6.33. The smallest absolute Gasteiger partial charge is 0.335 e. The fraction of sp³-hybridized carbons (Fsp3) is 0. The Bertz CT molecular complexity index is 671. The van der Waals surface area contributed by atoms with Crippen LogP contribution >= 0.6 is 11.6 Å². The monoisotopic (exact) mass is 291 g/mol. The second kappa shape index (κ2) is 5.58. The maximum atomic E-state index is 10.9. The SMILES string of the molecule is NC(=O)c1ccc(Nc2ccc(C(=O)O)cc2Cl)nc1. The van der Waals surface area contributed by atoms with Crippen molar-refractivity contribution in [2.75, 3.05) is 5.32 Å². The molecule has 0 aliphatic heterocycles. The van der Waals surface area contributed by atoms with E-state index in [0.29, 0.717) is 17.1 Å². The first-order valence-corrected chi connectivity index (χ1v) is 5.91. The Hall–Kier alpha value is -2.60. The number of nitrogens with two attached hydrogens (primary N) is 1. The zero-order valence-corrected chi connectivity index (χ0v) is 10.9. The van der Waals surface area contributed by atoms with Gasteiger partial charge in [-0.25, -0.2) is 9.78 Å². The van der Waals surface area contributed by atoms with Gasteiger partial charge in [-0.1, -0.05) is 11.6 Å². The van der Waals surface area contributed by atoms with Crippen molar-refractivity contribution in [3.05, 3.63) is 52.7 Å². The molecule has 0 saturated carbocycles. The highest BCUT2D eigenvalue weighted by atomic mass is 35.5. The first-order chi connectivity index (χ1) is 9.47. The molecule has 0 bridgehead atoms. The van der Waals surface area contributed by atoms with Crippen LogP contribution in [-0.4, -0.2) is 22.0 Å². The summed E-state index contributed by atoms with van der Waals surface area (Å²) in [6.45, 7) is 0. The van der Waals surface area contributed by atoms with Crippen molar-refractivity contribution in [1.82, 2.24) is 4.98 Å². The van der Waals surface area contributed by atoms with E-state index in [-0.39, 0.29) is 10.6 Å². The molecule has 0 spiro atoms. The predicted molar refractivity (Wildman–Crippen MR) is 74.4 cm³/mol. The number of amides is 1. The quantitative estimate of drug-likeness (QED) is 0.801. The van der Waals surface area contributed by atoms with Crippen LogP contribution in [0.4, 0.5) is 11.5 Å².